The van der Waals surface area contributed by atoms with Crippen molar-refractivity contribution in [2.45, 2.75) is 6.42 Å². The van der Waals surface area contributed by atoms with Gasteiger partial charge >= 0.3 is 0 Å². The molecular weight excluding hydrogens is 264 g/mol. The van der Waals surface area contributed by atoms with E-state index in [0.29, 0.717) is 0 Å². The number of nitrogens with zero attached hydrogens (tertiary/aromatic N) is 2. The van der Waals surface area contributed by atoms with E-state index in [1.807, 2.05) is 24.4 Å². The first-order valence-corrected chi connectivity index (χ1v) is 6.47. The lowest BCUT2D eigenvalue weighted by atomic mass is 10.1. The maximum absolute atomic E-state index is 11.2. The number of aromatic amines is 1. The first-order valence-electron chi connectivity index (χ1n) is 6.47. The summed E-state index contributed by atoms with van der Waals surface area (Å²) >= 11 is 0. The van der Waals surface area contributed by atoms with Gasteiger partial charge in [0, 0.05) is 22.5 Å². The number of fused-ring (bicyclic) bond motifs is 3. The van der Waals surface area contributed by atoms with Crippen LogP contribution in [0, 0.1) is 11.3 Å². The van der Waals surface area contributed by atoms with Crippen LogP contribution >= 0.6 is 0 Å². The second-order valence-electron chi connectivity index (χ2n) is 4.58. The number of aromatic nitrogens is 1. The molecule has 0 saturated heterocycles. The number of H-pyrrole nitrogens is 1. The Morgan fingerprint density at radius 1 is 1.29 bits per heavy atom. The summed E-state index contributed by atoms with van der Waals surface area (Å²) in [5, 5.41) is 15.6. The van der Waals surface area contributed by atoms with E-state index in [1.165, 1.54) is 0 Å². The summed E-state index contributed by atoms with van der Waals surface area (Å²) in [6.07, 6.45) is 3.22. The van der Waals surface area contributed by atoms with Gasteiger partial charge < -0.3 is 4.98 Å². The van der Waals surface area contributed by atoms with Crippen LogP contribution in [0.25, 0.3) is 21.7 Å². The van der Waals surface area contributed by atoms with Gasteiger partial charge in [0.15, 0.2) is 0 Å². The molecule has 5 heteroatoms. The molecule has 0 spiro atoms. The Hall–Kier alpha value is -3.13. The van der Waals surface area contributed by atoms with E-state index < -0.39 is 5.91 Å². The third-order valence-electron chi connectivity index (χ3n) is 3.24. The van der Waals surface area contributed by atoms with Gasteiger partial charge in [-0.25, -0.2) is 5.43 Å². The lowest BCUT2D eigenvalue weighted by Gasteiger charge is -1.99. The standard InChI is InChI=1S/C16H12N4O/c17-8-7-15(21)20-19-10-12-9-18-16-13-4-2-1-3-11(13)5-6-14(12)16/h1-6,9-10,18H,7H2,(H,20,21). The highest BCUT2D eigenvalue weighted by molar-refractivity contribution is 6.11. The first kappa shape index (κ1) is 12.9. The molecule has 3 aromatic rings. The molecule has 21 heavy (non-hydrogen) atoms. The Kier molecular flexibility index (Phi) is 3.36. The van der Waals surface area contributed by atoms with E-state index in [0.717, 1.165) is 27.2 Å². The number of hydrogen-bond donors (Lipinski definition) is 2. The van der Waals surface area contributed by atoms with Crippen LogP contribution < -0.4 is 5.43 Å². The number of amides is 1. The van der Waals surface area contributed by atoms with Gasteiger partial charge in [-0.15, -0.1) is 0 Å². The zero-order valence-corrected chi connectivity index (χ0v) is 11.1. The first-order chi connectivity index (χ1) is 10.3. The van der Waals surface area contributed by atoms with Gasteiger partial charge in [-0.1, -0.05) is 36.4 Å². The smallest absolute Gasteiger partial charge is 0.254 e. The van der Waals surface area contributed by atoms with Crippen molar-refractivity contribution in [1.29, 1.82) is 5.26 Å². The molecule has 0 aliphatic carbocycles. The average molecular weight is 276 g/mol. The molecular formula is C16H12N4O. The maximum Gasteiger partial charge on any atom is 0.254 e. The van der Waals surface area contributed by atoms with Crippen molar-refractivity contribution in [3.05, 3.63) is 48.2 Å². The fraction of sp³-hybridized carbons (Fsp3) is 0.0625. The van der Waals surface area contributed by atoms with Crippen molar-refractivity contribution in [1.82, 2.24) is 10.4 Å². The molecule has 2 aromatic carbocycles. The molecule has 0 radical (unpaired) electrons. The molecule has 5 nitrogen and oxygen atoms in total. The van der Waals surface area contributed by atoms with E-state index in [9.17, 15) is 4.79 Å². The number of rotatable bonds is 3. The van der Waals surface area contributed by atoms with E-state index >= 15 is 0 Å². The van der Waals surface area contributed by atoms with Gasteiger partial charge in [0.1, 0.15) is 6.42 Å². The SMILES string of the molecule is N#CCC(=O)NN=Cc1c[nH]c2c1ccc1ccccc12. The highest BCUT2D eigenvalue weighted by Crippen LogP contribution is 2.25. The topological polar surface area (TPSA) is 81.0 Å². The average Bonchev–Trinajstić information content (AvgIpc) is 2.91. The minimum absolute atomic E-state index is 0.199. The number of carbonyl (C=O) groups is 1. The van der Waals surface area contributed by atoms with Gasteiger partial charge in [0.25, 0.3) is 5.91 Å². The van der Waals surface area contributed by atoms with Crippen molar-refractivity contribution >= 4 is 33.8 Å². The Labute approximate surface area is 120 Å². The Bertz CT molecular complexity index is 886. The minimum atomic E-state index is -0.418. The summed E-state index contributed by atoms with van der Waals surface area (Å²) in [5.41, 5.74) is 4.24. The quantitative estimate of drug-likeness (QED) is 0.569. The molecule has 3 rings (SSSR count). The van der Waals surface area contributed by atoms with Crippen LogP contribution in [0.2, 0.25) is 0 Å². The van der Waals surface area contributed by atoms with Crippen molar-refractivity contribution in [3.63, 3.8) is 0 Å². The van der Waals surface area contributed by atoms with Crippen LogP contribution in [0.3, 0.4) is 0 Å². The molecule has 0 aliphatic heterocycles. The summed E-state index contributed by atoms with van der Waals surface area (Å²) in [7, 11) is 0. The molecule has 2 N–H and O–H groups in total. The van der Waals surface area contributed by atoms with Crippen molar-refractivity contribution in [3.8, 4) is 6.07 Å². The van der Waals surface area contributed by atoms with Gasteiger partial charge in [-0.05, 0) is 5.39 Å². The summed E-state index contributed by atoms with van der Waals surface area (Å²) in [5.74, 6) is -0.418. The second-order valence-corrected chi connectivity index (χ2v) is 4.58. The normalized spacial score (nSPS) is 11.0. The van der Waals surface area contributed by atoms with E-state index in [1.54, 1.807) is 12.3 Å². The minimum Gasteiger partial charge on any atom is -0.360 e. The van der Waals surface area contributed by atoms with Crippen LogP contribution in [-0.4, -0.2) is 17.1 Å². The molecule has 1 amide bonds. The van der Waals surface area contributed by atoms with E-state index in [-0.39, 0.29) is 6.42 Å². The zero-order chi connectivity index (χ0) is 14.7. The van der Waals surface area contributed by atoms with Crippen LogP contribution in [-0.2, 0) is 4.79 Å². The molecule has 0 atom stereocenters. The van der Waals surface area contributed by atoms with Crippen molar-refractivity contribution in [2.24, 2.45) is 5.10 Å². The Morgan fingerprint density at radius 2 is 2.14 bits per heavy atom. The molecule has 0 unspecified atom stereocenters. The number of nitriles is 1. The zero-order valence-electron chi connectivity index (χ0n) is 11.1. The third-order valence-corrected chi connectivity index (χ3v) is 3.24. The van der Waals surface area contributed by atoms with Gasteiger partial charge in [0.2, 0.25) is 0 Å². The van der Waals surface area contributed by atoms with Crippen LogP contribution in [0.5, 0.6) is 0 Å². The Morgan fingerprint density at radius 3 is 3.00 bits per heavy atom. The highest BCUT2D eigenvalue weighted by Gasteiger charge is 2.05. The summed E-state index contributed by atoms with van der Waals surface area (Å²) in [6, 6.07) is 14.0. The lowest BCUT2D eigenvalue weighted by molar-refractivity contribution is -0.120. The maximum atomic E-state index is 11.2. The third kappa shape index (κ3) is 2.47. The summed E-state index contributed by atoms with van der Waals surface area (Å²) < 4.78 is 0. The molecule has 0 bridgehead atoms. The largest absolute Gasteiger partial charge is 0.360 e. The van der Waals surface area contributed by atoms with Crippen molar-refractivity contribution < 1.29 is 4.79 Å². The molecule has 0 fully saturated rings. The summed E-state index contributed by atoms with van der Waals surface area (Å²) in [4.78, 5) is 14.4. The van der Waals surface area contributed by atoms with Crippen LogP contribution in [0.15, 0.2) is 47.7 Å². The fourth-order valence-corrected chi connectivity index (χ4v) is 2.29. The number of hydrazone groups is 1. The van der Waals surface area contributed by atoms with Gasteiger partial charge in [0.05, 0.1) is 17.8 Å². The Balaban J connectivity index is 1.94. The van der Waals surface area contributed by atoms with Gasteiger partial charge in [-0.2, -0.15) is 10.4 Å². The molecule has 102 valence electrons. The lowest BCUT2D eigenvalue weighted by Crippen LogP contribution is -2.16. The number of nitrogens with one attached hydrogen (secondary N) is 2. The number of carbonyl (C=O) groups excluding carboxylic acids is 1. The number of hydrogen-bond acceptors (Lipinski definition) is 3. The van der Waals surface area contributed by atoms with E-state index in [4.69, 9.17) is 5.26 Å². The molecule has 0 aliphatic rings. The predicted molar refractivity (Wildman–Crippen MR) is 81.8 cm³/mol. The highest BCUT2D eigenvalue weighted by atomic mass is 16.2. The van der Waals surface area contributed by atoms with Crippen molar-refractivity contribution in [2.75, 3.05) is 0 Å². The number of benzene rings is 2. The summed E-state index contributed by atoms with van der Waals surface area (Å²) in [6.45, 7) is 0. The van der Waals surface area contributed by atoms with Gasteiger partial charge in [-0.3, -0.25) is 4.79 Å². The monoisotopic (exact) mass is 276 g/mol. The van der Waals surface area contributed by atoms with Crippen LogP contribution in [0.4, 0.5) is 0 Å². The second kappa shape index (κ2) is 5.47. The fourth-order valence-electron chi connectivity index (χ4n) is 2.29. The molecule has 1 aromatic heterocycles. The molecule has 1 heterocycles. The predicted octanol–water partition coefficient (Wildman–Crippen LogP) is 2.68. The van der Waals surface area contributed by atoms with Crippen LogP contribution in [0.1, 0.15) is 12.0 Å². The van der Waals surface area contributed by atoms with E-state index in [2.05, 4.69) is 33.7 Å². The molecule has 0 saturated carbocycles.